The van der Waals surface area contributed by atoms with Crippen molar-refractivity contribution in [2.24, 2.45) is 11.7 Å². The third-order valence-electron chi connectivity index (χ3n) is 3.61. The largest absolute Gasteiger partial charge is 0.451 e. The Kier molecular flexibility index (Phi) is 5.89. The Labute approximate surface area is 130 Å². The highest BCUT2D eigenvalue weighted by Gasteiger charge is 2.28. The highest BCUT2D eigenvalue weighted by molar-refractivity contribution is 9.13. The molecule has 2 unspecified atom stereocenters. The molecule has 1 saturated heterocycles. The van der Waals surface area contributed by atoms with Crippen molar-refractivity contribution >= 4 is 31.9 Å². The van der Waals surface area contributed by atoms with E-state index in [2.05, 4.69) is 36.8 Å². The van der Waals surface area contributed by atoms with Gasteiger partial charge in [-0.05, 0) is 63.2 Å². The molecule has 0 saturated carbocycles. The maximum Gasteiger partial charge on any atom is 0.183 e. The van der Waals surface area contributed by atoms with Gasteiger partial charge in [0.15, 0.2) is 4.67 Å². The highest BCUT2D eigenvalue weighted by Crippen LogP contribution is 2.33. The first-order chi connectivity index (χ1) is 9.15. The normalized spacial score (nSPS) is 22.6. The number of piperidine rings is 1. The minimum absolute atomic E-state index is 0.141. The maximum absolute atomic E-state index is 5.95. The first-order valence-electron chi connectivity index (χ1n) is 6.53. The van der Waals surface area contributed by atoms with Crippen molar-refractivity contribution in [2.75, 3.05) is 33.4 Å². The van der Waals surface area contributed by atoms with Gasteiger partial charge in [-0.1, -0.05) is 0 Å². The smallest absolute Gasteiger partial charge is 0.183 e. The van der Waals surface area contributed by atoms with Gasteiger partial charge < -0.3 is 14.9 Å². The van der Waals surface area contributed by atoms with E-state index < -0.39 is 0 Å². The summed E-state index contributed by atoms with van der Waals surface area (Å²) in [4.78, 5) is 2.41. The SMILES string of the molecule is COCC1CCCN(C(CN)c2cc(Br)c(Br)o2)C1. The van der Waals surface area contributed by atoms with Crippen LogP contribution >= 0.6 is 31.9 Å². The van der Waals surface area contributed by atoms with E-state index in [9.17, 15) is 0 Å². The minimum Gasteiger partial charge on any atom is -0.451 e. The molecule has 1 aromatic rings. The molecule has 0 radical (unpaired) electrons. The van der Waals surface area contributed by atoms with Gasteiger partial charge >= 0.3 is 0 Å². The van der Waals surface area contributed by atoms with Crippen LogP contribution in [0.15, 0.2) is 19.6 Å². The number of likely N-dealkylation sites (tertiary alicyclic amines) is 1. The summed E-state index contributed by atoms with van der Waals surface area (Å²) in [6.45, 7) is 3.47. The fraction of sp³-hybridized carbons (Fsp3) is 0.692. The molecule has 0 aromatic carbocycles. The Hall–Kier alpha value is 0.120. The van der Waals surface area contributed by atoms with Crippen molar-refractivity contribution < 1.29 is 9.15 Å². The van der Waals surface area contributed by atoms with Gasteiger partial charge in [-0.3, -0.25) is 4.90 Å². The molecule has 0 aliphatic carbocycles. The zero-order chi connectivity index (χ0) is 13.8. The summed E-state index contributed by atoms with van der Waals surface area (Å²) < 4.78 is 12.7. The average Bonchev–Trinajstić information content (AvgIpc) is 2.71. The molecule has 1 fully saturated rings. The van der Waals surface area contributed by atoms with Crippen LogP contribution in [0.25, 0.3) is 0 Å². The van der Waals surface area contributed by atoms with E-state index in [1.165, 1.54) is 12.8 Å². The molecule has 6 heteroatoms. The number of halogens is 2. The molecule has 1 aliphatic heterocycles. The van der Waals surface area contributed by atoms with Crippen molar-refractivity contribution in [3.8, 4) is 0 Å². The Bertz CT molecular complexity index is 390. The lowest BCUT2D eigenvalue weighted by molar-refractivity contribution is 0.0637. The number of methoxy groups -OCH3 is 1. The standard InChI is InChI=1S/C13H20Br2N2O2/c1-18-8-9-3-2-4-17(7-9)11(6-16)12-5-10(14)13(15)19-12/h5,9,11H,2-4,6-8,16H2,1H3. The van der Waals surface area contributed by atoms with Gasteiger partial charge in [0, 0.05) is 20.2 Å². The van der Waals surface area contributed by atoms with E-state index in [4.69, 9.17) is 14.9 Å². The fourth-order valence-electron chi connectivity index (χ4n) is 2.72. The van der Waals surface area contributed by atoms with E-state index in [-0.39, 0.29) is 6.04 Å². The zero-order valence-electron chi connectivity index (χ0n) is 11.1. The molecule has 2 atom stereocenters. The van der Waals surface area contributed by atoms with Crippen molar-refractivity contribution in [2.45, 2.75) is 18.9 Å². The molecule has 2 rings (SSSR count). The molecule has 108 valence electrons. The topological polar surface area (TPSA) is 51.6 Å². The molecule has 0 bridgehead atoms. The first-order valence-corrected chi connectivity index (χ1v) is 8.12. The van der Waals surface area contributed by atoms with E-state index in [1.807, 2.05) is 6.07 Å². The molecule has 1 aromatic heterocycles. The zero-order valence-corrected chi connectivity index (χ0v) is 14.2. The summed E-state index contributed by atoms with van der Waals surface area (Å²) in [5, 5.41) is 0. The van der Waals surface area contributed by atoms with Crippen LogP contribution in [-0.4, -0.2) is 38.3 Å². The van der Waals surface area contributed by atoms with Crippen LogP contribution in [-0.2, 0) is 4.74 Å². The van der Waals surface area contributed by atoms with Crippen LogP contribution in [0.4, 0.5) is 0 Å². The highest BCUT2D eigenvalue weighted by atomic mass is 79.9. The van der Waals surface area contributed by atoms with Gasteiger partial charge in [0.05, 0.1) is 17.1 Å². The van der Waals surface area contributed by atoms with Crippen molar-refractivity contribution in [1.82, 2.24) is 4.90 Å². The van der Waals surface area contributed by atoms with Gasteiger partial charge in [0.2, 0.25) is 0 Å². The molecule has 1 aliphatic rings. The van der Waals surface area contributed by atoms with E-state index in [0.717, 1.165) is 34.6 Å². The number of rotatable bonds is 5. The predicted octanol–water partition coefficient (Wildman–Crippen LogP) is 3.16. The number of hydrogen-bond acceptors (Lipinski definition) is 4. The molecule has 0 amide bonds. The Morgan fingerprint density at radius 1 is 1.58 bits per heavy atom. The number of furan rings is 1. The van der Waals surface area contributed by atoms with Gasteiger partial charge in [-0.2, -0.15) is 0 Å². The van der Waals surface area contributed by atoms with Crippen LogP contribution in [0.5, 0.6) is 0 Å². The summed E-state index contributed by atoms with van der Waals surface area (Å²) in [7, 11) is 1.76. The molecule has 4 nitrogen and oxygen atoms in total. The molecular weight excluding hydrogens is 376 g/mol. The second-order valence-corrected chi connectivity index (χ2v) is 6.56. The summed E-state index contributed by atoms with van der Waals surface area (Å²) in [6.07, 6.45) is 2.42. The Balaban J connectivity index is 2.08. The van der Waals surface area contributed by atoms with Crippen molar-refractivity contribution in [1.29, 1.82) is 0 Å². The monoisotopic (exact) mass is 394 g/mol. The van der Waals surface area contributed by atoms with Gasteiger partial charge in [0.25, 0.3) is 0 Å². The van der Waals surface area contributed by atoms with E-state index >= 15 is 0 Å². The minimum atomic E-state index is 0.141. The van der Waals surface area contributed by atoms with Gasteiger partial charge in [-0.15, -0.1) is 0 Å². The van der Waals surface area contributed by atoms with E-state index in [1.54, 1.807) is 7.11 Å². The summed E-state index contributed by atoms with van der Waals surface area (Å²) in [5.74, 6) is 1.51. The number of nitrogens with zero attached hydrogens (tertiary/aromatic N) is 1. The quantitative estimate of drug-likeness (QED) is 0.831. The summed E-state index contributed by atoms with van der Waals surface area (Å²) in [5.41, 5.74) is 5.95. The average molecular weight is 396 g/mol. The number of ether oxygens (including phenoxy) is 1. The fourth-order valence-corrected chi connectivity index (χ4v) is 3.33. The molecular formula is C13H20Br2N2O2. The van der Waals surface area contributed by atoms with Gasteiger partial charge in [0.1, 0.15) is 5.76 Å². The summed E-state index contributed by atoms with van der Waals surface area (Å²) >= 11 is 6.84. The third kappa shape index (κ3) is 3.82. The Morgan fingerprint density at radius 2 is 2.37 bits per heavy atom. The second kappa shape index (κ2) is 7.22. The van der Waals surface area contributed by atoms with E-state index in [0.29, 0.717) is 12.5 Å². The lowest BCUT2D eigenvalue weighted by atomic mass is 9.97. The number of hydrogen-bond donors (Lipinski definition) is 1. The van der Waals surface area contributed by atoms with Crippen LogP contribution < -0.4 is 5.73 Å². The Morgan fingerprint density at radius 3 is 2.95 bits per heavy atom. The first kappa shape index (κ1) is 15.5. The van der Waals surface area contributed by atoms with Crippen LogP contribution in [0.3, 0.4) is 0 Å². The van der Waals surface area contributed by atoms with Gasteiger partial charge in [-0.25, -0.2) is 0 Å². The van der Waals surface area contributed by atoms with Crippen LogP contribution in [0, 0.1) is 5.92 Å². The summed E-state index contributed by atoms with van der Waals surface area (Å²) in [6, 6.07) is 2.14. The number of nitrogens with two attached hydrogens (primary N) is 1. The third-order valence-corrected chi connectivity index (χ3v) is 5.32. The molecule has 2 N–H and O–H groups in total. The van der Waals surface area contributed by atoms with Crippen molar-refractivity contribution in [3.63, 3.8) is 0 Å². The van der Waals surface area contributed by atoms with Crippen LogP contribution in [0.1, 0.15) is 24.6 Å². The molecule has 2 heterocycles. The lowest BCUT2D eigenvalue weighted by Gasteiger charge is -2.36. The molecule has 0 spiro atoms. The second-order valence-electron chi connectivity index (χ2n) is 4.98. The maximum atomic E-state index is 5.95. The lowest BCUT2D eigenvalue weighted by Crippen LogP contribution is -2.42. The van der Waals surface area contributed by atoms with Crippen molar-refractivity contribution in [3.05, 3.63) is 21.0 Å². The predicted molar refractivity (Wildman–Crippen MR) is 82.1 cm³/mol. The van der Waals surface area contributed by atoms with Crippen LogP contribution in [0.2, 0.25) is 0 Å². The molecule has 19 heavy (non-hydrogen) atoms.